The molecule has 0 unspecified atom stereocenters. The third-order valence-corrected chi connectivity index (χ3v) is 3.19. The Hall–Kier alpha value is -0.350. The maximum absolute atomic E-state index is 11.2. The number of Topliss-reactive ketones (excluding diaryl/α,β-unsaturated/α-hetero) is 1. The molecular formula is C10H10Br2O2. The van der Waals surface area contributed by atoms with E-state index >= 15 is 0 Å². The van der Waals surface area contributed by atoms with E-state index in [1.54, 1.807) is 7.11 Å². The topological polar surface area (TPSA) is 26.3 Å². The van der Waals surface area contributed by atoms with Crippen molar-refractivity contribution >= 4 is 37.6 Å². The van der Waals surface area contributed by atoms with Gasteiger partial charge >= 0.3 is 0 Å². The van der Waals surface area contributed by atoms with Crippen molar-refractivity contribution in [1.82, 2.24) is 0 Å². The Balaban J connectivity index is 2.89. The molecule has 0 amide bonds. The average molecular weight is 322 g/mol. The highest BCUT2D eigenvalue weighted by atomic mass is 79.9. The summed E-state index contributed by atoms with van der Waals surface area (Å²) in [4.78, 5) is 11.2. The summed E-state index contributed by atoms with van der Waals surface area (Å²) in [5.74, 6) is 0.921. The highest BCUT2D eigenvalue weighted by Crippen LogP contribution is 2.23. The summed E-state index contributed by atoms with van der Waals surface area (Å²) in [5.41, 5.74) is 0.953. The fraction of sp³-hybridized carbons (Fsp3) is 0.300. The first kappa shape index (κ1) is 11.7. The highest BCUT2D eigenvalue weighted by molar-refractivity contribution is 9.10. The number of halogens is 2. The lowest BCUT2D eigenvalue weighted by Crippen LogP contribution is -2.04. The van der Waals surface area contributed by atoms with E-state index in [0.717, 1.165) is 15.8 Å². The van der Waals surface area contributed by atoms with Gasteiger partial charge < -0.3 is 4.74 Å². The summed E-state index contributed by atoms with van der Waals surface area (Å²) < 4.78 is 6.02. The number of benzene rings is 1. The molecule has 1 rings (SSSR count). The fourth-order valence-corrected chi connectivity index (χ4v) is 1.66. The van der Waals surface area contributed by atoms with Gasteiger partial charge in [-0.3, -0.25) is 4.79 Å². The zero-order valence-corrected chi connectivity index (χ0v) is 10.9. The van der Waals surface area contributed by atoms with Crippen LogP contribution in [0.5, 0.6) is 5.75 Å². The molecule has 0 aromatic heterocycles. The summed E-state index contributed by atoms with van der Waals surface area (Å²) in [5, 5.41) is 0.386. The molecule has 0 spiro atoms. The highest BCUT2D eigenvalue weighted by Gasteiger charge is 2.06. The number of hydrogen-bond donors (Lipinski definition) is 0. The molecule has 0 heterocycles. The van der Waals surface area contributed by atoms with Crippen molar-refractivity contribution in [1.29, 1.82) is 0 Å². The van der Waals surface area contributed by atoms with Crippen molar-refractivity contribution in [2.45, 2.75) is 6.42 Å². The van der Waals surface area contributed by atoms with Crippen LogP contribution in [-0.4, -0.2) is 18.2 Å². The Labute approximate surface area is 99.9 Å². The summed E-state index contributed by atoms with van der Waals surface area (Å²) in [7, 11) is 1.61. The third kappa shape index (κ3) is 3.10. The molecule has 0 saturated carbocycles. The molecule has 4 heteroatoms. The monoisotopic (exact) mass is 320 g/mol. The van der Waals surface area contributed by atoms with Gasteiger partial charge in [0, 0.05) is 10.9 Å². The standard InChI is InChI=1S/C10H10Br2O2/c1-14-9-2-3-10(12)7(5-9)4-8(13)6-11/h2-3,5H,4,6H2,1H3. The number of alkyl halides is 1. The Bertz CT molecular complexity index is 337. The van der Waals surface area contributed by atoms with Crippen LogP contribution in [0.3, 0.4) is 0 Å². The van der Waals surface area contributed by atoms with Gasteiger partial charge in [0.05, 0.1) is 12.4 Å². The van der Waals surface area contributed by atoms with Crippen molar-refractivity contribution < 1.29 is 9.53 Å². The van der Waals surface area contributed by atoms with E-state index < -0.39 is 0 Å². The quantitative estimate of drug-likeness (QED) is 0.797. The predicted octanol–water partition coefficient (Wildman–Crippen LogP) is 2.96. The maximum atomic E-state index is 11.2. The second kappa shape index (κ2) is 5.51. The average Bonchev–Trinajstić information content (AvgIpc) is 2.21. The van der Waals surface area contributed by atoms with Gasteiger partial charge in [-0.15, -0.1) is 0 Å². The smallest absolute Gasteiger partial charge is 0.147 e. The molecule has 14 heavy (non-hydrogen) atoms. The molecule has 1 aromatic carbocycles. The largest absolute Gasteiger partial charge is 0.497 e. The Kier molecular flexibility index (Phi) is 4.62. The van der Waals surface area contributed by atoms with Gasteiger partial charge in [0.1, 0.15) is 11.5 Å². The first-order valence-electron chi connectivity index (χ1n) is 4.07. The molecule has 0 saturated heterocycles. The first-order chi connectivity index (χ1) is 6.67. The molecule has 1 aromatic rings. The summed E-state index contributed by atoms with van der Waals surface area (Å²) in [6, 6.07) is 5.60. The van der Waals surface area contributed by atoms with Crippen molar-refractivity contribution in [2.24, 2.45) is 0 Å². The molecule has 0 bridgehead atoms. The van der Waals surface area contributed by atoms with Crippen molar-refractivity contribution in [2.75, 3.05) is 12.4 Å². The van der Waals surface area contributed by atoms with Crippen LogP contribution in [0.1, 0.15) is 5.56 Å². The molecule has 0 aliphatic carbocycles. The maximum Gasteiger partial charge on any atom is 0.147 e. The van der Waals surface area contributed by atoms with Crippen LogP contribution in [0.25, 0.3) is 0 Å². The van der Waals surface area contributed by atoms with Crippen LogP contribution >= 0.6 is 31.9 Å². The molecule has 2 nitrogen and oxygen atoms in total. The molecule has 0 aliphatic rings. The molecule has 0 aliphatic heterocycles. The fourth-order valence-electron chi connectivity index (χ4n) is 1.07. The van der Waals surface area contributed by atoms with Crippen LogP contribution in [0.4, 0.5) is 0 Å². The van der Waals surface area contributed by atoms with Gasteiger partial charge in [0.25, 0.3) is 0 Å². The van der Waals surface area contributed by atoms with Gasteiger partial charge in [-0.1, -0.05) is 31.9 Å². The predicted molar refractivity (Wildman–Crippen MR) is 63.2 cm³/mol. The Morgan fingerprint density at radius 3 is 2.79 bits per heavy atom. The minimum absolute atomic E-state index is 0.152. The second-order valence-corrected chi connectivity index (χ2v) is 4.22. The number of ether oxygens (including phenoxy) is 1. The number of carbonyl (C=O) groups excluding carboxylic acids is 1. The van der Waals surface area contributed by atoms with E-state index in [0.29, 0.717) is 11.8 Å². The first-order valence-corrected chi connectivity index (χ1v) is 5.99. The SMILES string of the molecule is COc1ccc(Br)c(CC(=O)CBr)c1. The van der Waals surface area contributed by atoms with Gasteiger partial charge in [-0.25, -0.2) is 0 Å². The zero-order valence-electron chi connectivity index (χ0n) is 7.72. The van der Waals surface area contributed by atoms with Crippen molar-refractivity contribution in [3.63, 3.8) is 0 Å². The molecule has 0 N–H and O–H groups in total. The zero-order chi connectivity index (χ0) is 10.6. The van der Waals surface area contributed by atoms with E-state index in [-0.39, 0.29) is 5.78 Å². The molecule has 76 valence electrons. The lowest BCUT2D eigenvalue weighted by Gasteiger charge is -2.05. The van der Waals surface area contributed by atoms with Gasteiger partial charge in [0.2, 0.25) is 0 Å². The third-order valence-electron chi connectivity index (χ3n) is 1.79. The van der Waals surface area contributed by atoms with Crippen LogP contribution < -0.4 is 4.74 Å². The number of ketones is 1. The number of hydrogen-bond acceptors (Lipinski definition) is 2. The Morgan fingerprint density at radius 2 is 2.21 bits per heavy atom. The summed E-state index contributed by atoms with van der Waals surface area (Å²) >= 11 is 6.53. The Morgan fingerprint density at radius 1 is 1.50 bits per heavy atom. The van der Waals surface area contributed by atoms with Crippen molar-refractivity contribution in [3.8, 4) is 5.75 Å². The van der Waals surface area contributed by atoms with E-state index in [9.17, 15) is 4.79 Å². The van der Waals surface area contributed by atoms with Crippen LogP contribution in [0, 0.1) is 0 Å². The van der Waals surface area contributed by atoms with Crippen LogP contribution in [0.15, 0.2) is 22.7 Å². The van der Waals surface area contributed by atoms with Crippen molar-refractivity contribution in [3.05, 3.63) is 28.2 Å². The van der Waals surface area contributed by atoms with Gasteiger partial charge in [-0.2, -0.15) is 0 Å². The minimum Gasteiger partial charge on any atom is -0.497 e. The second-order valence-electron chi connectivity index (χ2n) is 2.81. The van der Waals surface area contributed by atoms with E-state index in [2.05, 4.69) is 31.9 Å². The lowest BCUT2D eigenvalue weighted by molar-refractivity contribution is -0.115. The summed E-state index contributed by atoms with van der Waals surface area (Å²) in [6.07, 6.45) is 0.420. The number of methoxy groups -OCH3 is 1. The molecule has 0 atom stereocenters. The van der Waals surface area contributed by atoms with E-state index in [1.807, 2.05) is 18.2 Å². The van der Waals surface area contributed by atoms with Crippen LogP contribution in [0.2, 0.25) is 0 Å². The van der Waals surface area contributed by atoms with Gasteiger partial charge in [-0.05, 0) is 23.8 Å². The molecular weight excluding hydrogens is 312 g/mol. The lowest BCUT2D eigenvalue weighted by atomic mass is 10.1. The molecule has 0 radical (unpaired) electrons. The number of carbonyl (C=O) groups is 1. The van der Waals surface area contributed by atoms with E-state index in [4.69, 9.17) is 4.74 Å². The van der Waals surface area contributed by atoms with Gasteiger partial charge in [0.15, 0.2) is 0 Å². The minimum atomic E-state index is 0.152. The summed E-state index contributed by atoms with van der Waals surface area (Å²) in [6.45, 7) is 0. The molecule has 0 fully saturated rings. The normalized spacial score (nSPS) is 9.93. The van der Waals surface area contributed by atoms with E-state index in [1.165, 1.54) is 0 Å². The van der Waals surface area contributed by atoms with Crippen LogP contribution in [-0.2, 0) is 11.2 Å². The number of rotatable bonds is 4.